The standard InChI is InChI=1S/C13H16F3NO2/c1-7(2)8(3)19-12(18)10-5-4-9(6-11(10)17)13(14,15)16/h4-8H,17H2,1-3H3. The molecule has 2 N–H and O–H groups in total. The van der Waals surface area contributed by atoms with Crippen LogP contribution in [-0.4, -0.2) is 12.1 Å². The van der Waals surface area contributed by atoms with E-state index in [0.717, 1.165) is 18.2 Å². The minimum Gasteiger partial charge on any atom is -0.459 e. The number of anilines is 1. The second-order valence-electron chi connectivity index (χ2n) is 4.65. The smallest absolute Gasteiger partial charge is 0.416 e. The third-order valence-electron chi connectivity index (χ3n) is 2.83. The van der Waals surface area contributed by atoms with Crippen LogP contribution in [0.4, 0.5) is 18.9 Å². The number of benzene rings is 1. The zero-order valence-electron chi connectivity index (χ0n) is 10.9. The maximum atomic E-state index is 12.4. The van der Waals surface area contributed by atoms with Crippen LogP contribution in [0, 0.1) is 5.92 Å². The molecule has 0 saturated heterocycles. The van der Waals surface area contributed by atoms with Gasteiger partial charge in [0.1, 0.15) is 6.10 Å². The van der Waals surface area contributed by atoms with Crippen LogP contribution >= 0.6 is 0 Å². The Balaban J connectivity index is 2.94. The van der Waals surface area contributed by atoms with E-state index in [4.69, 9.17) is 10.5 Å². The number of esters is 1. The second kappa shape index (κ2) is 5.50. The van der Waals surface area contributed by atoms with Gasteiger partial charge in [-0.3, -0.25) is 0 Å². The van der Waals surface area contributed by atoms with Crippen molar-refractivity contribution in [3.05, 3.63) is 29.3 Å². The summed E-state index contributed by atoms with van der Waals surface area (Å²) in [7, 11) is 0. The molecule has 0 fully saturated rings. The topological polar surface area (TPSA) is 52.3 Å². The first-order chi connectivity index (χ1) is 8.62. The van der Waals surface area contributed by atoms with E-state index in [1.807, 2.05) is 13.8 Å². The first-order valence-corrected chi connectivity index (χ1v) is 5.80. The van der Waals surface area contributed by atoms with Crippen LogP contribution in [0.5, 0.6) is 0 Å². The molecular formula is C13H16F3NO2. The predicted molar refractivity (Wildman–Crippen MR) is 65.6 cm³/mol. The van der Waals surface area contributed by atoms with Crippen molar-refractivity contribution in [3.63, 3.8) is 0 Å². The lowest BCUT2D eigenvalue weighted by molar-refractivity contribution is -0.137. The fraction of sp³-hybridized carbons (Fsp3) is 0.462. The summed E-state index contributed by atoms with van der Waals surface area (Å²) in [6.45, 7) is 5.45. The van der Waals surface area contributed by atoms with Gasteiger partial charge in [-0.1, -0.05) is 13.8 Å². The van der Waals surface area contributed by atoms with Crippen LogP contribution in [0.15, 0.2) is 18.2 Å². The monoisotopic (exact) mass is 275 g/mol. The summed E-state index contributed by atoms with van der Waals surface area (Å²) in [6.07, 6.45) is -4.82. The van der Waals surface area contributed by atoms with E-state index in [1.165, 1.54) is 0 Å². The molecule has 0 saturated carbocycles. The lowest BCUT2D eigenvalue weighted by Gasteiger charge is -2.17. The number of rotatable bonds is 3. The van der Waals surface area contributed by atoms with E-state index in [9.17, 15) is 18.0 Å². The van der Waals surface area contributed by atoms with Crippen molar-refractivity contribution in [3.8, 4) is 0 Å². The molecule has 0 radical (unpaired) electrons. The molecule has 1 rings (SSSR count). The van der Waals surface area contributed by atoms with Gasteiger partial charge in [0.25, 0.3) is 0 Å². The van der Waals surface area contributed by atoms with Crippen LogP contribution < -0.4 is 5.73 Å². The minimum absolute atomic E-state index is 0.0551. The molecule has 0 spiro atoms. The number of ether oxygens (including phenoxy) is 1. The number of alkyl halides is 3. The second-order valence-corrected chi connectivity index (χ2v) is 4.65. The summed E-state index contributed by atoms with van der Waals surface area (Å²) in [5, 5.41) is 0. The molecule has 3 nitrogen and oxygen atoms in total. The lowest BCUT2D eigenvalue weighted by atomic mass is 10.1. The molecule has 0 aromatic heterocycles. The van der Waals surface area contributed by atoms with Gasteiger partial charge in [0.2, 0.25) is 0 Å². The summed E-state index contributed by atoms with van der Waals surface area (Å²) in [5.74, 6) is -0.605. The van der Waals surface area contributed by atoms with Gasteiger partial charge in [0.15, 0.2) is 0 Å². The average Bonchev–Trinajstić information content (AvgIpc) is 2.27. The van der Waals surface area contributed by atoms with Gasteiger partial charge in [-0.05, 0) is 31.0 Å². The van der Waals surface area contributed by atoms with Crippen molar-refractivity contribution >= 4 is 11.7 Å². The maximum Gasteiger partial charge on any atom is 0.416 e. The van der Waals surface area contributed by atoms with Crippen molar-refractivity contribution in [2.24, 2.45) is 5.92 Å². The average molecular weight is 275 g/mol. The Morgan fingerprint density at radius 1 is 1.26 bits per heavy atom. The molecular weight excluding hydrogens is 259 g/mol. The Hall–Kier alpha value is -1.72. The van der Waals surface area contributed by atoms with Crippen LogP contribution in [0.2, 0.25) is 0 Å². The van der Waals surface area contributed by atoms with Crippen LogP contribution in [-0.2, 0) is 10.9 Å². The highest BCUT2D eigenvalue weighted by Gasteiger charge is 2.31. The maximum absolute atomic E-state index is 12.4. The molecule has 1 aromatic rings. The zero-order chi connectivity index (χ0) is 14.8. The Labute approximate surface area is 109 Å². The molecule has 0 bridgehead atoms. The molecule has 1 atom stereocenters. The number of carbonyl (C=O) groups is 1. The number of carbonyl (C=O) groups excluding carboxylic acids is 1. The van der Waals surface area contributed by atoms with E-state index in [2.05, 4.69) is 0 Å². The van der Waals surface area contributed by atoms with Crippen molar-refractivity contribution < 1.29 is 22.7 Å². The third-order valence-corrected chi connectivity index (χ3v) is 2.83. The molecule has 1 unspecified atom stereocenters. The molecule has 0 amide bonds. The van der Waals surface area contributed by atoms with Gasteiger partial charge in [-0.25, -0.2) is 4.79 Å². The zero-order valence-corrected chi connectivity index (χ0v) is 10.9. The lowest BCUT2D eigenvalue weighted by Crippen LogP contribution is -2.21. The van der Waals surface area contributed by atoms with E-state index in [0.29, 0.717) is 0 Å². The number of halogens is 3. The molecule has 0 aliphatic rings. The van der Waals surface area contributed by atoms with Gasteiger partial charge < -0.3 is 10.5 Å². The van der Waals surface area contributed by atoms with Crippen molar-refractivity contribution in [1.29, 1.82) is 0 Å². The summed E-state index contributed by atoms with van der Waals surface area (Å²) < 4.78 is 42.4. The molecule has 6 heteroatoms. The van der Waals surface area contributed by atoms with Crippen molar-refractivity contribution in [2.75, 3.05) is 5.73 Å². The van der Waals surface area contributed by atoms with E-state index >= 15 is 0 Å². The summed E-state index contributed by atoms with van der Waals surface area (Å²) in [4.78, 5) is 11.8. The predicted octanol–water partition coefficient (Wildman–Crippen LogP) is 3.49. The fourth-order valence-electron chi connectivity index (χ4n) is 1.29. The van der Waals surface area contributed by atoms with Crippen LogP contribution in [0.1, 0.15) is 36.7 Å². The van der Waals surface area contributed by atoms with E-state index < -0.39 is 17.7 Å². The summed E-state index contributed by atoms with van der Waals surface area (Å²) in [5.41, 5.74) is 4.28. The largest absolute Gasteiger partial charge is 0.459 e. The molecule has 0 heterocycles. The molecule has 0 aliphatic carbocycles. The molecule has 19 heavy (non-hydrogen) atoms. The Kier molecular flexibility index (Phi) is 4.44. The first kappa shape index (κ1) is 15.3. The number of hydrogen-bond donors (Lipinski definition) is 1. The van der Waals surface area contributed by atoms with Gasteiger partial charge in [-0.15, -0.1) is 0 Å². The molecule has 1 aromatic carbocycles. The van der Waals surface area contributed by atoms with E-state index in [1.54, 1.807) is 6.92 Å². The number of hydrogen-bond acceptors (Lipinski definition) is 3. The summed E-state index contributed by atoms with van der Waals surface area (Å²) in [6, 6.07) is 2.58. The highest BCUT2D eigenvalue weighted by Crippen LogP contribution is 2.31. The van der Waals surface area contributed by atoms with Gasteiger partial charge in [0, 0.05) is 5.69 Å². The number of nitrogen functional groups attached to an aromatic ring is 1. The quantitative estimate of drug-likeness (QED) is 0.678. The van der Waals surface area contributed by atoms with Crippen molar-refractivity contribution in [2.45, 2.75) is 33.1 Å². The first-order valence-electron chi connectivity index (χ1n) is 5.80. The van der Waals surface area contributed by atoms with Crippen LogP contribution in [0.25, 0.3) is 0 Å². The molecule has 106 valence electrons. The fourth-order valence-corrected chi connectivity index (χ4v) is 1.29. The highest BCUT2D eigenvalue weighted by molar-refractivity contribution is 5.95. The SMILES string of the molecule is CC(C)C(C)OC(=O)c1ccc(C(F)(F)F)cc1N. The van der Waals surface area contributed by atoms with Gasteiger partial charge in [-0.2, -0.15) is 13.2 Å². The van der Waals surface area contributed by atoms with Gasteiger partial charge >= 0.3 is 12.1 Å². The molecule has 0 aliphatic heterocycles. The Bertz CT molecular complexity index is 469. The van der Waals surface area contributed by atoms with Crippen molar-refractivity contribution in [1.82, 2.24) is 0 Å². The number of nitrogens with two attached hydrogens (primary N) is 1. The normalized spacial score (nSPS) is 13.4. The van der Waals surface area contributed by atoms with Crippen LogP contribution in [0.3, 0.4) is 0 Å². The minimum atomic E-state index is -4.48. The Morgan fingerprint density at radius 2 is 1.84 bits per heavy atom. The third kappa shape index (κ3) is 3.87. The summed E-state index contributed by atoms with van der Waals surface area (Å²) >= 11 is 0. The highest BCUT2D eigenvalue weighted by atomic mass is 19.4. The van der Waals surface area contributed by atoms with E-state index in [-0.39, 0.29) is 23.3 Å². The van der Waals surface area contributed by atoms with Gasteiger partial charge in [0.05, 0.1) is 11.1 Å². The Morgan fingerprint density at radius 3 is 2.26 bits per heavy atom.